The van der Waals surface area contributed by atoms with Crippen molar-refractivity contribution in [2.45, 2.75) is 6.04 Å². The molecule has 94 valence electrons. The fourth-order valence-corrected chi connectivity index (χ4v) is 1.53. The Morgan fingerprint density at radius 2 is 2.00 bits per heavy atom. The summed E-state index contributed by atoms with van der Waals surface area (Å²) in [6, 6.07) is 2.24. The van der Waals surface area contributed by atoms with Gasteiger partial charge in [-0.05, 0) is 6.07 Å². The summed E-state index contributed by atoms with van der Waals surface area (Å²) in [7, 11) is 0. The maximum Gasteiger partial charge on any atom is 0.278 e. The van der Waals surface area contributed by atoms with Crippen LogP contribution in [-0.2, 0) is 0 Å². The predicted octanol–water partition coefficient (Wildman–Crippen LogP) is 0.704. The molecule has 8 heteroatoms. The Labute approximate surface area is 103 Å². The molecule has 0 aliphatic carbocycles. The lowest BCUT2D eigenvalue weighted by molar-refractivity contribution is -0.385. The first-order valence-electron chi connectivity index (χ1n) is 4.67. The van der Waals surface area contributed by atoms with E-state index in [1.807, 2.05) is 0 Å². The third-order valence-corrected chi connectivity index (χ3v) is 2.37. The zero-order valence-corrected chi connectivity index (χ0v) is 9.61. The highest BCUT2D eigenvalue weighted by Gasteiger charge is 2.25. The van der Waals surface area contributed by atoms with Gasteiger partial charge in [-0.15, -0.1) is 12.4 Å². The van der Waals surface area contributed by atoms with Gasteiger partial charge in [-0.25, -0.2) is 0 Å². The molecule has 0 bridgehead atoms. The summed E-state index contributed by atoms with van der Waals surface area (Å²) < 4.78 is 10.2. The van der Waals surface area contributed by atoms with Crippen LogP contribution in [0.3, 0.4) is 0 Å². The Balaban J connectivity index is 0.00000144. The molecular formula is C9H12ClN3O4. The molecule has 0 unspecified atom stereocenters. The average Bonchev–Trinajstić information content (AvgIpc) is 2.73. The second-order valence-corrected chi connectivity index (χ2v) is 3.36. The lowest BCUT2D eigenvalue weighted by Gasteiger charge is -2.10. The second-order valence-electron chi connectivity index (χ2n) is 3.36. The molecule has 0 saturated heterocycles. The molecule has 0 saturated carbocycles. The fourth-order valence-electron chi connectivity index (χ4n) is 1.53. The van der Waals surface area contributed by atoms with Gasteiger partial charge < -0.3 is 20.9 Å². The summed E-state index contributed by atoms with van der Waals surface area (Å²) >= 11 is 0. The van der Waals surface area contributed by atoms with Gasteiger partial charge >= 0.3 is 0 Å². The van der Waals surface area contributed by atoms with Crippen LogP contribution in [0, 0.1) is 10.1 Å². The quantitative estimate of drug-likeness (QED) is 0.612. The van der Waals surface area contributed by atoms with Gasteiger partial charge in [0, 0.05) is 12.6 Å². The van der Waals surface area contributed by atoms with Crippen LogP contribution < -0.4 is 20.9 Å². The highest BCUT2D eigenvalue weighted by molar-refractivity contribution is 5.85. The summed E-state index contributed by atoms with van der Waals surface area (Å²) in [5.41, 5.74) is 11.4. The van der Waals surface area contributed by atoms with Crippen LogP contribution in [0.2, 0.25) is 0 Å². The summed E-state index contributed by atoms with van der Waals surface area (Å²) in [5.74, 6) is 0.823. The number of nitro groups is 1. The van der Waals surface area contributed by atoms with Crippen molar-refractivity contribution >= 4 is 18.1 Å². The molecule has 0 spiro atoms. The number of hydrogen-bond acceptors (Lipinski definition) is 6. The third-order valence-electron chi connectivity index (χ3n) is 2.37. The standard InChI is InChI=1S/C9H11N3O4.ClH/c10-3-6(11)5-1-8-9(16-4-15-8)2-7(5)12(13)14;/h1-2,6H,3-4,10-11H2;1H/t6-;/m1./s1. The molecule has 2 rings (SSSR count). The molecule has 1 aliphatic heterocycles. The Hall–Kier alpha value is -1.57. The minimum Gasteiger partial charge on any atom is -0.454 e. The Morgan fingerprint density at radius 1 is 1.41 bits per heavy atom. The molecule has 0 amide bonds. The number of nitrogens with two attached hydrogens (primary N) is 2. The van der Waals surface area contributed by atoms with E-state index in [4.69, 9.17) is 20.9 Å². The predicted molar refractivity (Wildman–Crippen MR) is 62.5 cm³/mol. The highest BCUT2D eigenvalue weighted by atomic mass is 35.5. The van der Waals surface area contributed by atoms with E-state index in [1.165, 1.54) is 12.1 Å². The lowest BCUT2D eigenvalue weighted by atomic mass is 10.0. The number of fused-ring (bicyclic) bond motifs is 1. The van der Waals surface area contributed by atoms with E-state index < -0.39 is 11.0 Å². The van der Waals surface area contributed by atoms with Gasteiger partial charge in [0.2, 0.25) is 6.79 Å². The van der Waals surface area contributed by atoms with Crippen molar-refractivity contribution in [1.82, 2.24) is 0 Å². The Bertz CT molecular complexity index is 440. The first-order valence-corrected chi connectivity index (χ1v) is 4.67. The van der Waals surface area contributed by atoms with Gasteiger partial charge in [0.15, 0.2) is 11.5 Å². The van der Waals surface area contributed by atoms with Gasteiger partial charge in [0.1, 0.15) is 0 Å². The molecule has 4 N–H and O–H groups in total. The Kier molecular flexibility index (Phi) is 4.11. The van der Waals surface area contributed by atoms with Crippen LogP contribution in [0.4, 0.5) is 5.69 Å². The van der Waals surface area contributed by atoms with E-state index in [-0.39, 0.29) is 31.4 Å². The number of hydrogen-bond donors (Lipinski definition) is 2. The van der Waals surface area contributed by atoms with Crippen LogP contribution in [0.25, 0.3) is 0 Å². The summed E-state index contributed by atoms with van der Waals surface area (Å²) in [6.07, 6.45) is 0. The molecule has 17 heavy (non-hydrogen) atoms. The number of ether oxygens (including phenoxy) is 2. The second kappa shape index (κ2) is 5.17. The minimum absolute atomic E-state index is 0. The van der Waals surface area contributed by atoms with Gasteiger partial charge in [-0.3, -0.25) is 10.1 Å². The van der Waals surface area contributed by atoms with Crippen LogP contribution in [-0.4, -0.2) is 18.3 Å². The highest BCUT2D eigenvalue weighted by Crippen LogP contribution is 2.39. The van der Waals surface area contributed by atoms with Crippen LogP contribution >= 0.6 is 12.4 Å². The van der Waals surface area contributed by atoms with E-state index in [2.05, 4.69) is 0 Å². The van der Waals surface area contributed by atoms with Gasteiger partial charge in [-0.1, -0.05) is 0 Å². The largest absolute Gasteiger partial charge is 0.454 e. The van der Waals surface area contributed by atoms with E-state index >= 15 is 0 Å². The summed E-state index contributed by atoms with van der Waals surface area (Å²) in [4.78, 5) is 10.3. The van der Waals surface area contributed by atoms with Crippen molar-refractivity contribution in [3.8, 4) is 11.5 Å². The maximum absolute atomic E-state index is 10.9. The first kappa shape index (κ1) is 13.5. The monoisotopic (exact) mass is 261 g/mol. The lowest BCUT2D eigenvalue weighted by Crippen LogP contribution is -2.21. The molecule has 1 aromatic rings. The van der Waals surface area contributed by atoms with Gasteiger partial charge in [0.25, 0.3) is 5.69 Å². The van der Waals surface area contributed by atoms with E-state index in [1.54, 1.807) is 0 Å². The molecule has 0 radical (unpaired) electrons. The zero-order valence-electron chi connectivity index (χ0n) is 8.79. The number of rotatable bonds is 3. The Morgan fingerprint density at radius 3 is 2.53 bits per heavy atom. The van der Waals surface area contributed by atoms with Crippen molar-refractivity contribution < 1.29 is 14.4 Å². The van der Waals surface area contributed by atoms with Crippen molar-refractivity contribution in [2.75, 3.05) is 13.3 Å². The van der Waals surface area contributed by atoms with Crippen molar-refractivity contribution in [3.05, 3.63) is 27.8 Å². The minimum atomic E-state index is -0.588. The summed E-state index contributed by atoms with van der Waals surface area (Å²) in [6.45, 7) is 0.189. The smallest absolute Gasteiger partial charge is 0.278 e. The van der Waals surface area contributed by atoms with E-state index in [0.29, 0.717) is 17.1 Å². The zero-order chi connectivity index (χ0) is 11.7. The molecule has 7 nitrogen and oxygen atoms in total. The average molecular weight is 262 g/mol. The topological polar surface area (TPSA) is 114 Å². The molecular weight excluding hydrogens is 250 g/mol. The number of nitro benzene ring substituents is 1. The first-order chi connectivity index (χ1) is 7.63. The summed E-state index contributed by atoms with van der Waals surface area (Å²) in [5, 5.41) is 10.9. The molecule has 1 aliphatic rings. The van der Waals surface area contributed by atoms with Crippen molar-refractivity contribution in [3.63, 3.8) is 0 Å². The molecule has 0 fully saturated rings. The van der Waals surface area contributed by atoms with Gasteiger partial charge in [0.05, 0.1) is 16.6 Å². The van der Waals surface area contributed by atoms with Crippen LogP contribution in [0.1, 0.15) is 11.6 Å². The van der Waals surface area contributed by atoms with Crippen molar-refractivity contribution in [2.24, 2.45) is 11.5 Å². The number of benzene rings is 1. The maximum atomic E-state index is 10.9. The van der Waals surface area contributed by atoms with Crippen LogP contribution in [0.15, 0.2) is 12.1 Å². The van der Waals surface area contributed by atoms with Crippen LogP contribution in [0.5, 0.6) is 11.5 Å². The SMILES string of the molecule is Cl.NC[C@@H](N)c1cc2c(cc1[N+](=O)[O-])OCO2. The molecule has 1 heterocycles. The van der Waals surface area contributed by atoms with E-state index in [0.717, 1.165) is 0 Å². The molecule has 1 aromatic carbocycles. The third kappa shape index (κ3) is 2.41. The molecule has 0 aromatic heterocycles. The number of halogens is 1. The van der Waals surface area contributed by atoms with Crippen molar-refractivity contribution in [1.29, 1.82) is 0 Å². The molecule has 1 atom stereocenters. The van der Waals surface area contributed by atoms with Gasteiger partial charge in [-0.2, -0.15) is 0 Å². The van der Waals surface area contributed by atoms with E-state index in [9.17, 15) is 10.1 Å². The fraction of sp³-hybridized carbons (Fsp3) is 0.333. The normalized spacial score (nSPS) is 14.0. The number of nitrogens with zero attached hydrogens (tertiary/aromatic N) is 1.